The molecule has 1 rings (SSSR count). The van der Waals surface area contributed by atoms with Crippen LogP contribution >= 0.6 is 0 Å². The van der Waals surface area contributed by atoms with Gasteiger partial charge in [0.1, 0.15) is 0 Å². The molecule has 0 heterocycles. The highest BCUT2D eigenvalue weighted by molar-refractivity contribution is 5.50. The maximum Gasteiger partial charge on any atom is 0.0930 e. The van der Waals surface area contributed by atoms with Crippen molar-refractivity contribution >= 4 is 5.69 Å². The molecule has 1 aromatic carbocycles. The van der Waals surface area contributed by atoms with Gasteiger partial charge >= 0.3 is 0 Å². The van der Waals surface area contributed by atoms with E-state index in [0.717, 1.165) is 11.4 Å². The molecule has 0 amide bonds. The van der Waals surface area contributed by atoms with Crippen LogP contribution in [0.5, 0.6) is 0 Å². The summed E-state index contributed by atoms with van der Waals surface area (Å²) in [5.74, 6) is 0. The fraction of sp³-hybridized carbons (Fsp3) is 0.182. The van der Waals surface area contributed by atoms with Crippen molar-refractivity contribution in [3.05, 3.63) is 42.1 Å². The minimum absolute atomic E-state index is 0.939. The number of hydrogen-bond acceptors (Lipinski definition) is 2. The van der Waals surface area contributed by atoms with Crippen molar-refractivity contribution in [3.8, 4) is 6.07 Å². The maximum absolute atomic E-state index is 8.48. The van der Waals surface area contributed by atoms with Gasteiger partial charge in [-0.25, -0.2) is 0 Å². The zero-order valence-corrected chi connectivity index (χ0v) is 7.86. The van der Waals surface area contributed by atoms with Crippen LogP contribution in [0, 0.1) is 11.3 Å². The van der Waals surface area contributed by atoms with Gasteiger partial charge in [0.15, 0.2) is 0 Å². The summed E-state index contributed by atoms with van der Waals surface area (Å²) in [6.45, 7) is 1.91. The molecule has 0 aromatic heterocycles. The lowest BCUT2D eigenvalue weighted by atomic mass is 10.3. The Balaban J connectivity index is 2.87. The first kappa shape index (κ1) is 9.34. The second-order valence-corrected chi connectivity index (χ2v) is 2.81. The van der Waals surface area contributed by atoms with E-state index >= 15 is 0 Å². The molecule has 0 bridgehead atoms. The van der Waals surface area contributed by atoms with Crippen LogP contribution in [0.25, 0.3) is 0 Å². The summed E-state index contributed by atoms with van der Waals surface area (Å²) >= 11 is 0. The van der Waals surface area contributed by atoms with E-state index < -0.39 is 0 Å². The molecule has 0 radical (unpaired) electrons. The monoisotopic (exact) mass is 172 g/mol. The Morgan fingerprint density at radius 1 is 1.38 bits per heavy atom. The van der Waals surface area contributed by atoms with E-state index in [2.05, 4.69) is 0 Å². The van der Waals surface area contributed by atoms with Crippen molar-refractivity contribution in [1.29, 1.82) is 5.26 Å². The minimum atomic E-state index is 0.939. The molecule has 0 aliphatic carbocycles. The summed E-state index contributed by atoms with van der Waals surface area (Å²) in [6.07, 6.45) is 1.53. The topological polar surface area (TPSA) is 27.0 Å². The first-order chi connectivity index (χ1) is 6.25. The highest BCUT2D eigenvalue weighted by Gasteiger charge is 1.99. The van der Waals surface area contributed by atoms with Gasteiger partial charge in [-0.05, 0) is 19.1 Å². The Hall–Kier alpha value is -1.75. The van der Waals surface area contributed by atoms with Crippen LogP contribution < -0.4 is 4.90 Å². The second-order valence-electron chi connectivity index (χ2n) is 2.81. The van der Waals surface area contributed by atoms with Crippen LogP contribution in [-0.4, -0.2) is 7.05 Å². The van der Waals surface area contributed by atoms with Gasteiger partial charge < -0.3 is 4.90 Å². The molecular formula is C11H12N2. The average molecular weight is 172 g/mol. The highest BCUT2D eigenvalue weighted by atomic mass is 15.1. The predicted molar refractivity (Wildman–Crippen MR) is 54.2 cm³/mol. The number of benzene rings is 1. The summed E-state index contributed by atoms with van der Waals surface area (Å²) in [4.78, 5) is 1.98. The van der Waals surface area contributed by atoms with Crippen molar-refractivity contribution < 1.29 is 0 Å². The van der Waals surface area contributed by atoms with E-state index in [0.29, 0.717) is 0 Å². The van der Waals surface area contributed by atoms with Gasteiger partial charge in [0.25, 0.3) is 0 Å². The van der Waals surface area contributed by atoms with Crippen LogP contribution in [0.4, 0.5) is 5.69 Å². The SMILES string of the molecule is CC(=CC#N)N(C)c1ccccc1. The average Bonchev–Trinajstić information content (AvgIpc) is 2.18. The molecule has 0 atom stereocenters. The Morgan fingerprint density at radius 2 is 2.00 bits per heavy atom. The summed E-state index contributed by atoms with van der Waals surface area (Å²) in [6, 6.07) is 12.0. The van der Waals surface area contributed by atoms with Crippen molar-refractivity contribution in [2.45, 2.75) is 6.92 Å². The second kappa shape index (κ2) is 4.32. The molecule has 66 valence electrons. The number of anilines is 1. The lowest BCUT2D eigenvalue weighted by Crippen LogP contribution is -2.13. The molecule has 2 heteroatoms. The van der Waals surface area contributed by atoms with Gasteiger partial charge in [-0.3, -0.25) is 0 Å². The molecule has 0 N–H and O–H groups in total. The molecule has 2 nitrogen and oxygen atoms in total. The third-order valence-corrected chi connectivity index (χ3v) is 1.95. The number of allylic oxidation sites excluding steroid dienone is 2. The van der Waals surface area contributed by atoms with Crippen LogP contribution in [0.2, 0.25) is 0 Å². The highest BCUT2D eigenvalue weighted by Crippen LogP contribution is 2.15. The van der Waals surface area contributed by atoms with E-state index in [-0.39, 0.29) is 0 Å². The lowest BCUT2D eigenvalue weighted by Gasteiger charge is -2.18. The standard InChI is InChI=1S/C11H12N2/c1-10(8-9-12)13(2)11-6-4-3-5-7-11/h3-8H,1-2H3. The van der Waals surface area contributed by atoms with Crippen LogP contribution in [0.15, 0.2) is 42.1 Å². The van der Waals surface area contributed by atoms with E-state index in [1.807, 2.05) is 55.3 Å². The number of para-hydroxylation sites is 1. The van der Waals surface area contributed by atoms with Gasteiger partial charge in [-0.1, -0.05) is 18.2 Å². The molecule has 0 saturated carbocycles. The third kappa shape index (κ3) is 2.34. The quantitative estimate of drug-likeness (QED) is 0.641. The number of nitrogens with zero attached hydrogens (tertiary/aromatic N) is 2. The van der Waals surface area contributed by atoms with Gasteiger partial charge in [0.05, 0.1) is 6.07 Å². The van der Waals surface area contributed by atoms with Gasteiger partial charge in [0, 0.05) is 24.5 Å². The Bertz CT molecular complexity index is 333. The summed E-state index contributed by atoms with van der Waals surface area (Å²) in [7, 11) is 1.94. The van der Waals surface area contributed by atoms with Gasteiger partial charge in [0.2, 0.25) is 0 Å². The maximum atomic E-state index is 8.48. The lowest BCUT2D eigenvalue weighted by molar-refractivity contribution is 1.09. The summed E-state index contributed by atoms with van der Waals surface area (Å²) in [5, 5.41) is 8.48. The van der Waals surface area contributed by atoms with Crippen LogP contribution in [0.3, 0.4) is 0 Å². The summed E-state index contributed by atoms with van der Waals surface area (Å²) in [5.41, 5.74) is 2.03. The van der Waals surface area contributed by atoms with Gasteiger partial charge in [-0.2, -0.15) is 5.26 Å². The van der Waals surface area contributed by atoms with Crippen molar-refractivity contribution in [1.82, 2.24) is 0 Å². The molecule has 0 spiro atoms. The Labute approximate surface area is 78.7 Å². The number of nitriles is 1. The van der Waals surface area contributed by atoms with Crippen molar-refractivity contribution in [2.24, 2.45) is 0 Å². The Kier molecular flexibility index (Phi) is 3.10. The third-order valence-electron chi connectivity index (χ3n) is 1.95. The molecule has 0 aliphatic heterocycles. The van der Waals surface area contributed by atoms with E-state index in [1.165, 1.54) is 6.08 Å². The smallest absolute Gasteiger partial charge is 0.0930 e. The van der Waals surface area contributed by atoms with Crippen molar-refractivity contribution in [3.63, 3.8) is 0 Å². The molecular weight excluding hydrogens is 160 g/mol. The molecule has 0 unspecified atom stereocenters. The predicted octanol–water partition coefficient (Wildman–Crippen LogP) is 2.55. The molecule has 0 saturated heterocycles. The first-order valence-electron chi connectivity index (χ1n) is 4.11. The van der Waals surface area contributed by atoms with E-state index in [4.69, 9.17) is 5.26 Å². The normalized spacial score (nSPS) is 10.7. The molecule has 13 heavy (non-hydrogen) atoms. The largest absolute Gasteiger partial charge is 0.348 e. The first-order valence-corrected chi connectivity index (χ1v) is 4.11. The molecule has 0 aliphatic rings. The Morgan fingerprint density at radius 3 is 2.54 bits per heavy atom. The number of hydrogen-bond donors (Lipinski definition) is 0. The zero-order valence-electron chi connectivity index (χ0n) is 7.86. The van der Waals surface area contributed by atoms with Crippen LogP contribution in [-0.2, 0) is 0 Å². The summed E-state index contributed by atoms with van der Waals surface area (Å²) < 4.78 is 0. The molecule has 0 fully saturated rings. The molecule has 1 aromatic rings. The fourth-order valence-corrected chi connectivity index (χ4v) is 1.05. The van der Waals surface area contributed by atoms with E-state index in [1.54, 1.807) is 0 Å². The van der Waals surface area contributed by atoms with Crippen molar-refractivity contribution in [2.75, 3.05) is 11.9 Å². The number of rotatable bonds is 2. The fourth-order valence-electron chi connectivity index (χ4n) is 1.05. The van der Waals surface area contributed by atoms with Gasteiger partial charge in [-0.15, -0.1) is 0 Å². The van der Waals surface area contributed by atoms with Crippen LogP contribution in [0.1, 0.15) is 6.92 Å². The zero-order chi connectivity index (χ0) is 9.68. The van der Waals surface area contributed by atoms with E-state index in [9.17, 15) is 0 Å². The minimum Gasteiger partial charge on any atom is -0.348 e.